The standard InChI is InChI=1S/C35H47NO4Si/c1-28(2)25-31(26-29-17-9-6-10-18-29)36(34(38)39)30(19-15-16-24-37)27-40-41(35(3,4)5,32-20-11-7-12-21-32)33-22-13-8-14-23-33/h6-14,17-18,20-24,28,30-31H,15-16,19,25-27H2,1-5H3,(H,38,39)/t30-,31?/m0/s1. The van der Waals surface area contributed by atoms with Crippen LogP contribution in [-0.2, 0) is 15.6 Å². The van der Waals surface area contributed by atoms with Gasteiger partial charge in [0.2, 0.25) is 0 Å². The molecule has 0 heterocycles. The van der Waals surface area contributed by atoms with Gasteiger partial charge in [0.15, 0.2) is 0 Å². The van der Waals surface area contributed by atoms with Crippen molar-refractivity contribution in [3.05, 3.63) is 96.6 Å². The second-order valence-electron chi connectivity index (χ2n) is 12.4. The molecule has 220 valence electrons. The number of rotatable bonds is 15. The normalized spacial score (nSPS) is 13.5. The summed E-state index contributed by atoms with van der Waals surface area (Å²) in [6.07, 6.45) is 2.93. The molecule has 0 saturated carbocycles. The smallest absolute Gasteiger partial charge is 0.407 e. The largest absolute Gasteiger partial charge is 0.465 e. The number of hydrogen-bond acceptors (Lipinski definition) is 3. The number of hydrogen-bond donors (Lipinski definition) is 1. The molecule has 5 nitrogen and oxygen atoms in total. The van der Waals surface area contributed by atoms with Crippen LogP contribution in [0.5, 0.6) is 0 Å². The number of unbranched alkanes of at least 4 members (excludes halogenated alkanes) is 1. The van der Waals surface area contributed by atoms with E-state index in [4.69, 9.17) is 4.43 Å². The number of benzene rings is 3. The lowest BCUT2D eigenvalue weighted by Crippen LogP contribution is -2.67. The molecule has 0 saturated heterocycles. The van der Waals surface area contributed by atoms with Crippen LogP contribution < -0.4 is 10.4 Å². The fourth-order valence-electron chi connectivity index (χ4n) is 6.06. The van der Waals surface area contributed by atoms with Crippen LogP contribution in [0.1, 0.15) is 65.9 Å². The molecule has 0 spiro atoms. The average Bonchev–Trinajstić information content (AvgIpc) is 2.94. The van der Waals surface area contributed by atoms with Crippen LogP contribution in [-0.4, -0.2) is 49.4 Å². The van der Waals surface area contributed by atoms with Gasteiger partial charge in [0.25, 0.3) is 8.32 Å². The van der Waals surface area contributed by atoms with E-state index in [2.05, 4.69) is 95.3 Å². The molecule has 0 bridgehead atoms. The number of aldehydes is 1. The average molecular weight is 574 g/mol. The van der Waals surface area contributed by atoms with Crippen LogP contribution in [0, 0.1) is 5.92 Å². The lowest BCUT2D eigenvalue weighted by atomic mass is 9.94. The zero-order valence-electron chi connectivity index (χ0n) is 25.3. The van der Waals surface area contributed by atoms with E-state index in [1.165, 1.54) is 0 Å². The number of carbonyl (C=O) groups is 2. The van der Waals surface area contributed by atoms with E-state index in [-0.39, 0.29) is 23.7 Å². The lowest BCUT2D eigenvalue weighted by molar-refractivity contribution is -0.108. The van der Waals surface area contributed by atoms with E-state index in [9.17, 15) is 14.7 Å². The zero-order valence-corrected chi connectivity index (χ0v) is 26.3. The minimum Gasteiger partial charge on any atom is -0.465 e. The predicted octanol–water partition coefficient (Wildman–Crippen LogP) is 6.94. The Hall–Kier alpha value is -3.22. The fraction of sp³-hybridized carbons (Fsp3) is 0.429. The summed E-state index contributed by atoms with van der Waals surface area (Å²) in [5.74, 6) is 0.318. The Morgan fingerprint density at radius 3 is 1.83 bits per heavy atom. The van der Waals surface area contributed by atoms with Crippen LogP contribution >= 0.6 is 0 Å². The third kappa shape index (κ3) is 8.40. The molecule has 0 fully saturated rings. The molecule has 0 aliphatic heterocycles. The first-order valence-electron chi connectivity index (χ1n) is 14.8. The monoisotopic (exact) mass is 573 g/mol. The molecular formula is C35H47NO4Si. The van der Waals surface area contributed by atoms with Crippen LogP contribution in [0.2, 0.25) is 5.04 Å². The predicted molar refractivity (Wildman–Crippen MR) is 171 cm³/mol. The van der Waals surface area contributed by atoms with Crippen molar-refractivity contribution in [1.29, 1.82) is 0 Å². The molecular weight excluding hydrogens is 526 g/mol. The van der Waals surface area contributed by atoms with Crippen molar-refractivity contribution in [2.75, 3.05) is 6.61 Å². The second kappa shape index (κ2) is 15.1. The summed E-state index contributed by atoms with van der Waals surface area (Å²) in [7, 11) is -2.87. The van der Waals surface area contributed by atoms with E-state index < -0.39 is 14.4 Å². The highest BCUT2D eigenvalue weighted by Gasteiger charge is 2.50. The molecule has 3 aromatic carbocycles. The Balaban J connectivity index is 2.08. The van der Waals surface area contributed by atoms with Gasteiger partial charge in [-0.3, -0.25) is 4.90 Å². The van der Waals surface area contributed by atoms with Gasteiger partial charge in [0.1, 0.15) is 6.29 Å². The van der Waals surface area contributed by atoms with Gasteiger partial charge in [-0.25, -0.2) is 4.79 Å². The molecule has 6 heteroatoms. The Morgan fingerprint density at radius 2 is 1.39 bits per heavy atom. The van der Waals surface area contributed by atoms with Crippen molar-refractivity contribution in [2.45, 2.75) is 83.8 Å². The zero-order chi connectivity index (χ0) is 29.9. The van der Waals surface area contributed by atoms with Crippen LogP contribution in [0.4, 0.5) is 4.79 Å². The highest BCUT2D eigenvalue weighted by Crippen LogP contribution is 2.37. The maximum atomic E-state index is 13.1. The molecule has 3 rings (SSSR count). The molecule has 1 amide bonds. The van der Waals surface area contributed by atoms with Gasteiger partial charge in [0.05, 0.1) is 12.6 Å². The first kappa shape index (κ1) is 32.3. The van der Waals surface area contributed by atoms with Crippen molar-refractivity contribution in [3.63, 3.8) is 0 Å². The van der Waals surface area contributed by atoms with Crippen LogP contribution in [0.25, 0.3) is 0 Å². The van der Waals surface area contributed by atoms with Gasteiger partial charge in [-0.05, 0) is 52.6 Å². The number of carboxylic acid groups (broad SMARTS) is 1. The van der Waals surface area contributed by atoms with E-state index in [0.29, 0.717) is 31.6 Å². The Bertz CT molecular complexity index is 1160. The summed E-state index contributed by atoms with van der Waals surface area (Å²) >= 11 is 0. The molecule has 0 aliphatic rings. The van der Waals surface area contributed by atoms with Crippen molar-refractivity contribution in [2.24, 2.45) is 5.92 Å². The SMILES string of the molecule is CC(C)CC(Cc1ccccc1)N(C(=O)O)[C@@H](CCCC=O)CO[Si](c1ccccc1)(c1ccccc1)C(C)(C)C. The highest BCUT2D eigenvalue weighted by atomic mass is 28.4. The van der Waals surface area contributed by atoms with Crippen molar-refractivity contribution >= 4 is 31.1 Å². The lowest BCUT2D eigenvalue weighted by Gasteiger charge is -2.45. The third-order valence-corrected chi connectivity index (χ3v) is 12.8. The quantitative estimate of drug-likeness (QED) is 0.122. The summed E-state index contributed by atoms with van der Waals surface area (Å²) in [5.41, 5.74) is 1.11. The van der Waals surface area contributed by atoms with Crippen LogP contribution in [0.15, 0.2) is 91.0 Å². The van der Waals surface area contributed by atoms with Gasteiger partial charge in [-0.1, -0.05) is 126 Å². The number of nitrogens with zero attached hydrogens (tertiary/aromatic N) is 1. The third-order valence-electron chi connectivity index (χ3n) is 7.83. The minimum atomic E-state index is -2.87. The van der Waals surface area contributed by atoms with Gasteiger partial charge in [-0.15, -0.1) is 0 Å². The molecule has 2 atom stereocenters. The van der Waals surface area contributed by atoms with Gasteiger partial charge in [-0.2, -0.15) is 0 Å². The molecule has 1 N–H and O–H groups in total. The topological polar surface area (TPSA) is 66.8 Å². The number of amides is 1. The van der Waals surface area contributed by atoms with Gasteiger partial charge < -0.3 is 14.3 Å². The number of carbonyl (C=O) groups excluding carboxylic acids is 1. The maximum absolute atomic E-state index is 13.1. The Morgan fingerprint density at radius 1 is 0.878 bits per heavy atom. The molecule has 1 unspecified atom stereocenters. The van der Waals surface area contributed by atoms with E-state index in [1.807, 2.05) is 30.3 Å². The van der Waals surface area contributed by atoms with Crippen molar-refractivity contribution in [1.82, 2.24) is 4.90 Å². The summed E-state index contributed by atoms with van der Waals surface area (Å²) in [5, 5.41) is 12.8. The van der Waals surface area contributed by atoms with Crippen LogP contribution in [0.3, 0.4) is 0 Å². The molecule has 3 aromatic rings. The maximum Gasteiger partial charge on any atom is 0.407 e. The minimum absolute atomic E-state index is 0.209. The Kier molecular flexibility index (Phi) is 11.9. The van der Waals surface area contributed by atoms with E-state index in [1.54, 1.807) is 4.90 Å². The first-order valence-corrected chi connectivity index (χ1v) is 16.7. The molecule has 41 heavy (non-hydrogen) atoms. The van der Waals surface area contributed by atoms with Crippen molar-refractivity contribution < 1.29 is 19.1 Å². The summed E-state index contributed by atoms with van der Waals surface area (Å²) < 4.78 is 7.24. The summed E-state index contributed by atoms with van der Waals surface area (Å²) in [4.78, 5) is 26.0. The first-order chi connectivity index (χ1) is 19.6. The van der Waals surface area contributed by atoms with Gasteiger partial charge >= 0.3 is 6.09 Å². The molecule has 0 radical (unpaired) electrons. The second-order valence-corrected chi connectivity index (χ2v) is 16.7. The van der Waals surface area contributed by atoms with Gasteiger partial charge in [0, 0.05) is 12.5 Å². The Labute approximate surface area is 247 Å². The highest BCUT2D eigenvalue weighted by molar-refractivity contribution is 6.99. The summed E-state index contributed by atoms with van der Waals surface area (Å²) in [6, 6.07) is 30.4. The molecule has 0 aromatic heterocycles. The fourth-order valence-corrected chi connectivity index (χ4v) is 10.7. The van der Waals surface area contributed by atoms with Crippen molar-refractivity contribution in [3.8, 4) is 0 Å². The van der Waals surface area contributed by atoms with E-state index >= 15 is 0 Å². The summed E-state index contributed by atoms with van der Waals surface area (Å²) in [6.45, 7) is 11.2. The van der Waals surface area contributed by atoms with E-state index in [0.717, 1.165) is 28.6 Å². The molecule has 0 aliphatic carbocycles.